The fourth-order valence-electron chi connectivity index (χ4n) is 4.53. The lowest BCUT2D eigenvalue weighted by Crippen LogP contribution is -2.38. The van der Waals surface area contributed by atoms with Crippen molar-refractivity contribution in [1.29, 1.82) is 0 Å². The molecule has 4 N–H and O–H groups in total. The van der Waals surface area contributed by atoms with Gasteiger partial charge in [0.05, 0.1) is 11.2 Å². The molecule has 0 spiro atoms. The summed E-state index contributed by atoms with van der Waals surface area (Å²) in [6, 6.07) is 10.4. The van der Waals surface area contributed by atoms with E-state index in [9.17, 15) is 19.5 Å². The van der Waals surface area contributed by atoms with Crippen LogP contribution in [0.1, 0.15) is 66.8 Å². The predicted molar refractivity (Wildman–Crippen MR) is 139 cm³/mol. The fraction of sp³-hybridized carbons (Fsp3) is 0.407. The first-order chi connectivity index (χ1) is 17.1. The third-order valence-electron chi connectivity index (χ3n) is 6.50. The number of anilines is 2. The quantitative estimate of drug-likeness (QED) is 0.399. The molecule has 3 aromatic rings. The summed E-state index contributed by atoms with van der Waals surface area (Å²) in [5.41, 5.74) is 0.642. The van der Waals surface area contributed by atoms with Crippen molar-refractivity contribution in [3.8, 4) is 0 Å². The number of pyridine rings is 1. The molecule has 0 aliphatic heterocycles. The zero-order chi connectivity index (χ0) is 25.9. The monoisotopic (exact) mass is 491 g/mol. The molecule has 3 amide bonds. The molecular formula is C27H33N5O4. The molecule has 1 aliphatic carbocycles. The van der Waals surface area contributed by atoms with E-state index in [0.717, 1.165) is 25.7 Å². The summed E-state index contributed by atoms with van der Waals surface area (Å²) < 4.78 is 0. The summed E-state index contributed by atoms with van der Waals surface area (Å²) in [4.78, 5) is 47.9. The van der Waals surface area contributed by atoms with Crippen LogP contribution in [-0.4, -0.2) is 52.0 Å². The highest BCUT2D eigenvalue weighted by Gasteiger charge is 2.27. The number of aromatic amines is 1. The number of hydrogen-bond acceptors (Lipinski definition) is 5. The Labute approximate surface area is 210 Å². The second kappa shape index (κ2) is 10.5. The Kier molecular flexibility index (Phi) is 7.40. The van der Waals surface area contributed by atoms with Crippen molar-refractivity contribution in [1.82, 2.24) is 15.3 Å². The maximum Gasteiger partial charge on any atom is 0.275 e. The molecule has 0 saturated heterocycles. The summed E-state index contributed by atoms with van der Waals surface area (Å²) in [6.07, 6.45) is 6.65. The molecule has 1 fully saturated rings. The van der Waals surface area contributed by atoms with E-state index in [4.69, 9.17) is 0 Å². The number of amides is 3. The van der Waals surface area contributed by atoms with Crippen molar-refractivity contribution in [2.45, 2.75) is 51.6 Å². The Balaban J connectivity index is 1.67. The van der Waals surface area contributed by atoms with Crippen molar-refractivity contribution in [2.75, 3.05) is 23.8 Å². The van der Waals surface area contributed by atoms with E-state index < -0.39 is 17.4 Å². The maximum atomic E-state index is 13.2. The zero-order valence-corrected chi connectivity index (χ0v) is 20.9. The average Bonchev–Trinajstić information content (AvgIpc) is 3.24. The second-order valence-electron chi connectivity index (χ2n) is 10.0. The van der Waals surface area contributed by atoms with Gasteiger partial charge in [0.1, 0.15) is 11.5 Å². The first-order valence-electron chi connectivity index (χ1n) is 12.3. The Bertz CT molecular complexity index is 1260. The van der Waals surface area contributed by atoms with Crippen LogP contribution in [0.2, 0.25) is 0 Å². The highest BCUT2D eigenvalue weighted by Crippen LogP contribution is 2.32. The van der Waals surface area contributed by atoms with Gasteiger partial charge in [0.25, 0.3) is 11.8 Å². The lowest BCUT2D eigenvalue weighted by Gasteiger charge is -2.26. The van der Waals surface area contributed by atoms with Crippen LogP contribution in [-0.2, 0) is 4.79 Å². The number of nitrogens with one attached hydrogen (secondary N) is 3. The number of aliphatic hydroxyl groups is 1. The molecule has 1 saturated carbocycles. The summed E-state index contributed by atoms with van der Waals surface area (Å²) in [6.45, 7) is 3.22. The van der Waals surface area contributed by atoms with Crippen molar-refractivity contribution in [3.05, 3.63) is 53.9 Å². The summed E-state index contributed by atoms with van der Waals surface area (Å²) in [7, 11) is 1.77. The molecule has 2 aromatic heterocycles. The molecule has 2 heterocycles. The van der Waals surface area contributed by atoms with E-state index in [2.05, 4.69) is 20.6 Å². The van der Waals surface area contributed by atoms with E-state index in [1.807, 2.05) is 0 Å². The first-order valence-corrected chi connectivity index (χ1v) is 12.3. The van der Waals surface area contributed by atoms with Gasteiger partial charge in [-0.3, -0.25) is 19.4 Å². The Morgan fingerprint density at radius 3 is 2.53 bits per heavy atom. The normalized spacial score (nSPS) is 14.4. The van der Waals surface area contributed by atoms with Crippen molar-refractivity contribution < 1.29 is 19.5 Å². The highest BCUT2D eigenvalue weighted by atomic mass is 16.3. The molecule has 9 heteroatoms. The average molecular weight is 492 g/mol. The molecule has 36 heavy (non-hydrogen) atoms. The van der Waals surface area contributed by atoms with Crippen molar-refractivity contribution in [2.24, 2.45) is 5.92 Å². The van der Waals surface area contributed by atoms with E-state index in [-0.39, 0.29) is 35.4 Å². The number of nitrogens with zero attached hydrogens (tertiary/aromatic N) is 2. The predicted octanol–water partition coefficient (Wildman–Crippen LogP) is 3.86. The Hall–Kier alpha value is -3.72. The minimum absolute atomic E-state index is 0.0273. The van der Waals surface area contributed by atoms with Gasteiger partial charge in [-0.05, 0) is 57.0 Å². The number of H-pyrrole nitrogens is 1. The van der Waals surface area contributed by atoms with Crippen LogP contribution in [0.15, 0.2) is 42.6 Å². The van der Waals surface area contributed by atoms with E-state index >= 15 is 0 Å². The molecular weight excluding hydrogens is 458 g/mol. The Morgan fingerprint density at radius 1 is 1.11 bits per heavy atom. The third-order valence-corrected chi connectivity index (χ3v) is 6.50. The SMILES string of the molecule is CN(C(=O)C1CCCCC1)c1ccc2c(C(=O)NCC(C)(C)O)c(NC(=O)c3ccccn3)[nH]c2c1. The number of benzene rings is 1. The fourth-order valence-corrected chi connectivity index (χ4v) is 4.53. The van der Waals surface area contributed by atoms with Gasteiger partial charge in [-0.1, -0.05) is 25.3 Å². The van der Waals surface area contributed by atoms with E-state index in [1.54, 1.807) is 62.2 Å². The van der Waals surface area contributed by atoms with Gasteiger partial charge < -0.3 is 25.6 Å². The number of hydrogen-bond donors (Lipinski definition) is 4. The lowest BCUT2D eigenvalue weighted by atomic mass is 9.88. The summed E-state index contributed by atoms with van der Waals surface area (Å²) in [5, 5.41) is 16.1. The number of aromatic nitrogens is 2. The molecule has 4 rings (SSSR count). The van der Waals surface area contributed by atoms with Crippen LogP contribution in [0.4, 0.5) is 11.5 Å². The molecule has 9 nitrogen and oxygen atoms in total. The van der Waals surface area contributed by atoms with Gasteiger partial charge in [0.2, 0.25) is 5.91 Å². The number of rotatable bonds is 7. The molecule has 0 radical (unpaired) electrons. The van der Waals surface area contributed by atoms with Gasteiger partial charge in [0.15, 0.2) is 0 Å². The van der Waals surface area contributed by atoms with Gasteiger partial charge in [0, 0.05) is 42.3 Å². The van der Waals surface area contributed by atoms with Crippen LogP contribution < -0.4 is 15.5 Å². The third kappa shape index (κ3) is 5.73. The largest absolute Gasteiger partial charge is 0.389 e. The number of carbonyl (C=O) groups is 3. The first kappa shape index (κ1) is 25.4. The smallest absolute Gasteiger partial charge is 0.275 e. The van der Waals surface area contributed by atoms with Crippen LogP contribution in [0.25, 0.3) is 10.9 Å². The van der Waals surface area contributed by atoms with Crippen LogP contribution in [0.3, 0.4) is 0 Å². The van der Waals surface area contributed by atoms with Crippen LogP contribution in [0.5, 0.6) is 0 Å². The Morgan fingerprint density at radius 2 is 1.86 bits per heavy atom. The lowest BCUT2D eigenvalue weighted by molar-refractivity contribution is -0.123. The molecule has 1 aromatic carbocycles. The molecule has 0 unspecified atom stereocenters. The highest BCUT2D eigenvalue weighted by molar-refractivity contribution is 6.15. The van der Waals surface area contributed by atoms with Crippen molar-refractivity contribution in [3.63, 3.8) is 0 Å². The summed E-state index contributed by atoms with van der Waals surface area (Å²) >= 11 is 0. The van der Waals surface area contributed by atoms with Crippen LogP contribution in [0, 0.1) is 5.92 Å². The van der Waals surface area contributed by atoms with E-state index in [1.165, 1.54) is 12.6 Å². The minimum atomic E-state index is -1.10. The topological polar surface area (TPSA) is 127 Å². The minimum Gasteiger partial charge on any atom is -0.389 e. The van der Waals surface area contributed by atoms with Gasteiger partial charge in [-0.15, -0.1) is 0 Å². The maximum absolute atomic E-state index is 13.2. The molecule has 1 aliphatic rings. The zero-order valence-electron chi connectivity index (χ0n) is 20.9. The summed E-state index contributed by atoms with van der Waals surface area (Å²) in [5.74, 6) is -0.582. The number of fused-ring (bicyclic) bond motifs is 1. The molecule has 0 atom stereocenters. The van der Waals surface area contributed by atoms with Crippen LogP contribution >= 0.6 is 0 Å². The number of carbonyl (C=O) groups excluding carboxylic acids is 3. The van der Waals surface area contributed by atoms with Crippen molar-refractivity contribution >= 4 is 40.1 Å². The molecule has 190 valence electrons. The van der Waals surface area contributed by atoms with Gasteiger partial charge in [-0.2, -0.15) is 0 Å². The second-order valence-corrected chi connectivity index (χ2v) is 10.0. The van der Waals surface area contributed by atoms with Gasteiger partial charge in [-0.25, -0.2) is 0 Å². The van der Waals surface area contributed by atoms with Gasteiger partial charge >= 0.3 is 0 Å². The molecule has 0 bridgehead atoms. The standard InChI is InChI=1S/C27H33N5O4/c1-27(2,36)16-29-25(34)22-19-13-12-18(32(3)26(35)17-9-5-4-6-10-17)15-21(19)30-23(22)31-24(33)20-11-7-8-14-28-20/h7-8,11-15,17,30,36H,4-6,9-10,16H2,1-3H3,(H,29,34)(H,31,33). The van der Waals surface area contributed by atoms with E-state index in [0.29, 0.717) is 16.6 Å².